The number of fused-ring (bicyclic) bond motifs is 1. The molecule has 0 atom stereocenters. The van der Waals surface area contributed by atoms with Crippen LogP contribution in [0.3, 0.4) is 0 Å². The first-order valence-electron chi connectivity index (χ1n) is 9.12. The van der Waals surface area contributed by atoms with E-state index in [9.17, 15) is 13.2 Å². The first-order chi connectivity index (χ1) is 12.0. The zero-order valence-electron chi connectivity index (χ0n) is 14.8. The lowest BCUT2D eigenvalue weighted by Crippen LogP contribution is -2.38. The maximum atomic E-state index is 12.6. The molecule has 3 rings (SSSR count). The average Bonchev–Trinajstić information content (AvgIpc) is 2.61. The molecular weight excluding hydrogens is 338 g/mol. The van der Waals surface area contributed by atoms with Gasteiger partial charge in [0.25, 0.3) is 0 Å². The quantitative estimate of drug-likeness (QED) is 0.808. The minimum Gasteiger partial charge on any atom is -0.326 e. The molecule has 0 unspecified atom stereocenters. The highest BCUT2D eigenvalue weighted by atomic mass is 32.2. The molecule has 0 bridgehead atoms. The number of sulfonamides is 1. The van der Waals surface area contributed by atoms with Crippen molar-refractivity contribution in [2.45, 2.75) is 43.9 Å². The summed E-state index contributed by atoms with van der Waals surface area (Å²) in [5.74, 6) is 0.385. The van der Waals surface area contributed by atoms with Gasteiger partial charge in [0.15, 0.2) is 0 Å². The summed E-state index contributed by atoms with van der Waals surface area (Å²) in [5, 5.41) is 2.78. The summed E-state index contributed by atoms with van der Waals surface area (Å²) < 4.78 is 27.9. The average molecular weight is 365 g/mol. The number of amides is 1. The molecule has 0 saturated carbocycles. The second-order valence-corrected chi connectivity index (χ2v) is 8.77. The molecule has 1 amide bonds. The molecule has 2 heterocycles. The number of hydrogen-bond donors (Lipinski definition) is 2. The number of nitrogens with one attached hydrogen (secondary N) is 2. The topological polar surface area (TPSA) is 78.5 Å². The number of piperidine rings is 1. The van der Waals surface area contributed by atoms with Crippen LogP contribution in [-0.4, -0.2) is 45.4 Å². The Morgan fingerprint density at radius 2 is 2.00 bits per heavy atom. The molecule has 1 aromatic carbocycles. The largest absolute Gasteiger partial charge is 0.326 e. The number of carbonyl (C=O) groups is 1. The van der Waals surface area contributed by atoms with Gasteiger partial charge in [0.2, 0.25) is 15.9 Å². The van der Waals surface area contributed by atoms with E-state index in [1.165, 1.54) is 0 Å². The van der Waals surface area contributed by atoms with Crippen molar-refractivity contribution < 1.29 is 13.2 Å². The van der Waals surface area contributed by atoms with E-state index in [1.807, 2.05) is 0 Å². The van der Waals surface area contributed by atoms with Crippen LogP contribution in [-0.2, 0) is 21.2 Å². The van der Waals surface area contributed by atoms with E-state index in [4.69, 9.17) is 0 Å². The Balaban J connectivity index is 1.58. The van der Waals surface area contributed by atoms with Crippen LogP contribution in [0.2, 0.25) is 0 Å². The van der Waals surface area contributed by atoms with Crippen LogP contribution in [0.1, 0.15) is 38.2 Å². The van der Waals surface area contributed by atoms with E-state index in [0.29, 0.717) is 25.3 Å². The van der Waals surface area contributed by atoms with Crippen LogP contribution < -0.4 is 10.0 Å². The molecule has 6 nitrogen and oxygen atoms in total. The summed E-state index contributed by atoms with van der Waals surface area (Å²) in [6.45, 7) is 5.92. The fraction of sp³-hybridized carbons (Fsp3) is 0.611. The van der Waals surface area contributed by atoms with Gasteiger partial charge >= 0.3 is 0 Å². The lowest BCUT2D eigenvalue weighted by Gasteiger charge is -2.31. The summed E-state index contributed by atoms with van der Waals surface area (Å²) >= 11 is 0. The van der Waals surface area contributed by atoms with Gasteiger partial charge in [0.05, 0.1) is 4.90 Å². The zero-order valence-corrected chi connectivity index (χ0v) is 15.6. The van der Waals surface area contributed by atoms with E-state index in [0.717, 1.165) is 50.1 Å². The number of benzene rings is 1. The first kappa shape index (κ1) is 18.4. The van der Waals surface area contributed by atoms with E-state index in [-0.39, 0.29) is 10.8 Å². The van der Waals surface area contributed by atoms with Gasteiger partial charge in [-0.15, -0.1) is 0 Å². The Labute approximate surface area is 150 Å². The third-order valence-electron chi connectivity index (χ3n) is 5.09. The van der Waals surface area contributed by atoms with Crippen molar-refractivity contribution in [3.63, 3.8) is 0 Å². The molecular formula is C18H27N3O3S. The molecule has 1 saturated heterocycles. The van der Waals surface area contributed by atoms with Crippen molar-refractivity contribution in [2.75, 3.05) is 31.5 Å². The van der Waals surface area contributed by atoms with Crippen LogP contribution in [0.25, 0.3) is 0 Å². The monoisotopic (exact) mass is 365 g/mol. The van der Waals surface area contributed by atoms with Crippen molar-refractivity contribution in [1.29, 1.82) is 0 Å². The number of hydrogen-bond acceptors (Lipinski definition) is 4. The molecule has 0 aromatic heterocycles. The minimum atomic E-state index is -3.51. The maximum absolute atomic E-state index is 12.6. The Bertz CT molecular complexity index is 725. The fourth-order valence-corrected chi connectivity index (χ4v) is 4.73. The van der Waals surface area contributed by atoms with Gasteiger partial charge in [-0.25, -0.2) is 13.1 Å². The molecule has 7 heteroatoms. The lowest BCUT2D eigenvalue weighted by atomic mass is 9.97. The zero-order chi connectivity index (χ0) is 17.9. The molecule has 1 aromatic rings. The van der Waals surface area contributed by atoms with Gasteiger partial charge in [-0.05, 0) is 75.0 Å². The lowest BCUT2D eigenvalue weighted by molar-refractivity contribution is -0.116. The first-order valence-corrected chi connectivity index (χ1v) is 10.6. The Morgan fingerprint density at radius 1 is 1.24 bits per heavy atom. The summed E-state index contributed by atoms with van der Waals surface area (Å²) in [7, 11) is -3.51. The second kappa shape index (κ2) is 7.85. The van der Waals surface area contributed by atoms with E-state index >= 15 is 0 Å². The molecule has 2 aliphatic heterocycles. The Morgan fingerprint density at radius 3 is 2.72 bits per heavy atom. The van der Waals surface area contributed by atoms with Gasteiger partial charge in [-0.1, -0.05) is 6.92 Å². The number of likely N-dealkylation sites (tertiary alicyclic amines) is 1. The number of nitrogens with zero attached hydrogens (tertiary/aromatic N) is 1. The van der Waals surface area contributed by atoms with Gasteiger partial charge in [-0.3, -0.25) is 4.79 Å². The third-order valence-corrected chi connectivity index (χ3v) is 6.51. The molecule has 2 aliphatic rings. The standard InChI is InChI=1S/C18H27N3O3S/c1-2-9-21-10-7-14(8-11-21)13-19-25(23,24)16-4-5-17-15(12-16)3-6-18(22)20-17/h4-5,12,14,19H,2-3,6-11,13H2,1H3,(H,20,22). The van der Waals surface area contributed by atoms with Crippen LogP contribution in [0, 0.1) is 5.92 Å². The smallest absolute Gasteiger partial charge is 0.240 e. The Kier molecular flexibility index (Phi) is 5.76. The van der Waals surface area contributed by atoms with Crippen LogP contribution in [0.5, 0.6) is 0 Å². The summed E-state index contributed by atoms with van der Waals surface area (Å²) in [4.78, 5) is 14.1. The number of aryl methyl sites for hydroxylation is 1. The number of anilines is 1. The van der Waals surface area contributed by atoms with Crippen molar-refractivity contribution in [2.24, 2.45) is 5.92 Å². The molecule has 138 valence electrons. The highest BCUT2D eigenvalue weighted by Gasteiger charge is 2.23. The van der Waals surface area contributed by atoms with Crippen LogP contribution >= 0.6 is 0 Å². The summed E-state index contributed by atoms with van der Waals surface area (Å²) in [6, 6.07) is 4.93. The van der Waals surface area contributed by atoms with Crippen molar-refractivity contribution in [3.8, 4) is 0 Å². The summed E-state index contributed by atoms with van der Waals surface area (Å²) in [6.07, 6.45) is 4.23. The van der Waals surface area contributed by atoms with Crippen molar-refractivity contribution in [1.82, 2.24) is 9.62 Å². The molecule has 0 aliphatic carbocycles. The van der Waals surface area contributed by atoms with E-state index < -0.39 is 10.0 Å². The Hall–Kier alpha value is -1.44. The predicted octanol–water partition coefficient (Wildman–Crippen LogP) is 1.97. The minimum absolute atomic E-state index is 0.0179. The van der Waals surface area contributed by atoms with Crippen molar-refractivity contribution >= 4 is 21.6 Å². The second-order valence-electron chi connectivity index (χ2n) is 7.00. The molecule has 2 N–H and O–H groups in total. The van der Waals surface area contributed by atoms with Crippen LogP contribution in [0.4, 0.5) is 5.69 Å². The molecule has 1 fully saturated rings. The SMILES string of the molecule is CCCN1CCC(CNS(=O)(=O)c2ccc3c(c2)CCC(=O)N3)CC1. The molecule has 0 spiro atoms. The highest BCUT2D eigenvalue weighted by Crippen LogP contribution is 2.25. The van der Waals surface area contributed by atoms with Crippen LogP contribution in [0.15, 0.2) is 23.1 Å². The molecule has 25 heavy (non-hydrogen) atoms. The number of rotatable bonds is 6. The maximum Gasteiger partial charge on any atom is 0.240 e. The predicted molar refractivity (Wildman–Crippen MR) is 98.0 cm³/mol. The van der Waals surface area contributed by atoms with Gasteiger partial charge in [-0.2, -0.15) is 0 Å². The van der Waals surface area contributed by atoms with Gasteiger partial charge in [0, 0.05) is 18.7 Å². The third kappa shape index (κ3) is 4.59. The molecule has 0 radical (unpaired) electrons. The van der Waals surface area contributed by atoms with E-state index in [2.05, 4.69) is 21.9 Å². The van der Waals surface area contributed by atoms with Gasteiger partial charge in [0.1, 0.15) is 0 Å². The fourth-order valence-electron chi connectivity index (χ4n) is 3.57. The van der Waals surface area contributed by atoms with Gasteiger partial charge < -0.3 is 10.2 Å². The van der Waals surface area contributed by atoms with E-state index in [1.54, 1.807) is 18.2 Å². The van der Waals surface area contributed by atoms with Crippen molar-refractivity contribution in [3.05, 3.63) is 23.8 Å². The normalized spacial score (nSPS) is 19.5. The summed E-state index contributed by atoms with van der Waals surface area (Å²) in [5.41, 5.74) is 1.61. The highest BCUT2D eigenvalue weighted by molar-refractivity contribution is 7.89. The number of carbonyl (C=O) groups excluding carboxylic acids is 1.